The molecule has 0 saturated carbocycles. The molecule has 3 aliphatic heterocycles. The van der Waals surface area contributed by atoms with Gasteiger partial charge in [0.1, 0.15) is 11.4 Å². The predicted molar refractivity (Wildman–Crippen MR) is 108 cm³/mol. The maximum Gasteiger partial charge on any atom is 0.169 e. The summed E-state index contributed by atoms with van der Waals surface area (Å²) in [6.07, 6.45) is 4.13. The third-order valence-electron chi connectivity index (χ3n) is 6.12. The molecule has 6 heteroatoms. The van der Waals surface area contributed by atoms with Crippen LogP contribution in [0.3, 0.4) is 0 Å². The molecular weight excluding hydrogens is 408 g/mol. The summed E-state index contributed by atoms with van der Waals surface area (Å²) in [7, 11) is 1.61. The Morgan fingerprint density at radius 3 is 2.93 bits per heavy atom. The number of halogens is 1. The van der Waals surface area contributed by atoms with Gasteiger partial charge in [-0.15, -0.1) is 6.58 Å². The lowest BCUT2D eigenvalue weighted by atomic mass is 9.73. The maximum absolute atomic E-state index is 11.5. The number of hydrogen-bond donors (Lipinski definition) is 1. The summed E-state index contributed by atoms with van der Waals surface area (Å²) in [5.41, 5.74) is 1.70. The van der Waals surface area contributed by atoms with Crippen molar-refractivity contribution in [3.8, 4) is 5.75 Å². The van der Waals surface area contributed by atoms with Crippen LogP contribution < -0.4 is 4.74 Å². The zero-order valence-electron chi connectivity index (χ0n) is 15.3. The number of ether oxygens (including phenoxy) is 1. The summed E-state index contributed by atoms with van der Waals surface area (Å²) >= 11 is 3.53. The molecule has 3 fully saturated rings. The second kappa shape index (κ2) is 7.34. The molecule has 0 amide bonds. The van der Waals surface area contributed by atoms with Gasteiger partial charge in [0, 0.05) is 23.5 Å². The summed E-state index contributed by atoms with van der Waals surface area (Å²) in [6.45, 7) is 5.89. The standard InChI is InChI=1S/C21H23BrN2O3/c1-3-12-10-24-7-6-13(12)8-18(24)21(26)19-15-9-14(27-2)4-5-16(15)23-17(11-25)20(19)22/h3-5,9,11-13,18,21,26H,1,6-8,10H2,2H3/t12-,13?,18-,21-/m0/s1. The van der Waals surface area contributed by atoms with Gasteiger partial charge in [-0.3, -0.25) is 9.69 Å². The van der Waals surface area contributed by atoms with Gasteiger partial charge in [-0.1, -0.05) is 6.08 Å². The molecule has 2 aromatic rings. The van der Waals surface area contributed by atoms with Crippen molar-refractivity contribution in [1.29, 1.82) is 0 Å². The molecule has 3 aliphatic rings. The van der Waals surface area contributed by atoms with Crippen molar-refractivity contribution in [2.24, 2.45) is 11.8 Å². The maximum atomic E-state index is 11.5. The van der Waals surface area contributed by atoms with Gasteiger partial charge in [-0.2, -0.15) is 0 Å². The third-order valence-corrected chi connectivity index (χ3v) is 6.96. The van der Waals surface area contributed by atoms with Crippen LogP contribution in [0.4, 0.5) is 0 Å². The molecule has 2 bridgehead atoms. The zero-order valence-corrected chi connectivity index (χ0v) is 16.9. The first kappa shape index (κ1) is 18.6. The van der Waals surface area contributed by atoms with E-state index in [1.54, 1.807) is 7.11 Å². The van der Waals surface area contributed by atoms with Crippen molar-refractivity contribution in [2.45, 2.75) is 25.0 Å². The summed E-state index contributed by atoms with van der Waals surface area (Å²) in [4.78, 5) is 18.3. The number of benzene rings is 1. The van der Waals surface area contributed by atoms with E-state index in [1.165, 1.54) is 0 Å². The van der Waals surface area contributed by atoms with Gasteiger partial charge in [-0.25, -0.2) is 4.98 Å². The molecular formula is C21H23BrN2O3. The number of aldehydes is 1. The highest BCUT2D eigenvalue weighted by molar-refractivity contribution is 9.10. The van der Waals surface area contributed by atoms with E-state index in [4.69, 9.17) is 4.74 Å². The minimum Gasteiger partial charge on any atom is -0.497 e. The lowest BCUT2D eigenvalue weighted by Crippen LogP contribution is -2.54. The van der Waals surface area contributed by atoms with Crippen LogP contribution in [-0.2, 0) is 0 Å². The van der Waals surface area contributed by atoms with Gasteiger partial charge in [0.2, 0.25) is 0 Å². The molecule has 0 spiro atoms. The number of carbonyl (C=O) groups excluding carboxylic acids is 1. The lowest BCUT2D eigenvalue weighted by molar-refractivity contribution is -0.0447. The van der Waals surface area contributed by atoms with Crippen molar-refractivity contribution in [3.63, 3.8) is 0 Å². The second-order valence-electron chi connectivity index (χ2n) is 7.42. The fraction of sp³-hybridized carbons (Fsp3) is 0.429. The number of aromatic nitrogens is 1. The zero-order chi connectivity index (χ0) is 19.1. The molecule has 3 saturated heterocycles. The quantitative estimate of drug-likeness (QED) is 0.577. The molecule has 2 unspecified atom stereocenters. The molecule has 5 rings (SSSR count). The minimum atomic E-state index is -0.718. The van der Waals surface area contributed by atoms with E-state index >= 15 is 0 Å². The largest absolute Gasteiger partial charge is 0.497 e. The van der Waals surface area contributed by atoms with E-state index in [1.807, 2.05) is 24.3 Å². The number of aliphatic hydroxyl groups is 1. The molecule has 0 radical (unpaired) electrons. The van der Waals surface area contributed by atoms with Crippen LogP contribution in [0, 0.1) is 11.8 Å². The summed E-state index contributed by atoms with van der Waals surface area (Å²) < 4.78 is 5.92. The summed E-state index contributed by atoms with van der Waals surface area (Å²) in [5, 5.41) is 12.2. The SMILES string of the molecule is C=C[C@H]1CN2CCC1C[C@H]2[C@H](O)c1c(Br)c(C=O)nc2ccc(OC)cc12. The van der Waals surface area contributed by atoms with Crippen LogP contribution in [0.15, 0.2) is 35.3 Å². The summed E-state index contributed by atoms with van der Waals surface area (Å²) in [6, 6.07) is 5.54. The number of hydrogen-bond acceptors (Lipinski definition) is 5. The van der Waals surface area contributed by atoms with Gasteiger partial charge < -0.3 is 9.84 Å². The van der Waals surface area contributed by atoms with Gasteiger partial charge >= 0.3 is 0 Å². The fourth-order valence-corrected chi connectivity index (χ4v) is 5.29. The van der Waals surface area contributed by atoms with Crippen LogP contribution in [0.1, 0.15) is 35.0 Å². The Bertz CT molecular complexity index is 901. The van der Waals surface area contributed by atoms with Crippen LogP contribution in [0.2, 0.25) is 0 Å². The number of rotatable bonds is 5. The molecule has 1 N–H and O–H groups in total. The highest BCUT2D eigenvalue weighted by Gasteiger charge is 2.43. The molecule has 142 valence electrons. The monoisotopic (exact) mass is 430 g/mol. The fourth-order valence-electron chi connectivity index (χ4n) is 4.66. The Hall–Kier alpha value is -1.76. The molecule has 1 aromatic heterocycles. The van der Waals surface area contributed by atoms with E-state index in [-0.39, 0.29) is 6.04 Å². The predicted octanol–water partition coefficient (Wildman–Crippen LogP) is 3.75. The van der Waals surface area contributed by atoms with Crippen molar-refractivity contribution < 1.29 is 14.6 Å². The third kappa shape index (κ3) is 3.10. The molecule has 5 nitrogen and oxygen atoms in total. The van der Waals surface area contributed by atoms with Crippen LogP contribution in [-0.4, -0.2) is 47.5 Å². The average molecular weight is 431 g/mol. The average Bonchev–Trinajstić information content (AvgIpc) is 2.72. The van der Waals surface area contributed by atoms with E-state index in [0.29, 0.717) is 38.8 Å². The Morgan fingerprint density at radius 1 is 1.48 bits per heavy atom. The highest BCUT2D eigenvalue weighted by Crippen LogP contribution is 2.44. The van der Waals surface area contributed by atoms with Crippen LogP contribution in [0.25, 0.3) is 10.9 Å². The normalized spacial score (nSPS) is 28.1. The lowest BCUT2D eigenvalue weighted by Gasteiger charge is -2.50. The number of nitrogens with zero attached hydrogens (tertiary/aromatic N) is 2. The van der Waals surface area contributed by atoms with Gasteiger partial charge in [0.15, 0.2) is 6.29 Å². The van der Waals surface area contributed by atoms with Crippen LogP contribution in [0.5, 0.6) is 5.75 Å². The van der Waals surface area contributed by atoms with Gasteiger partial charge in [0.25, 0.3) is 0 Å². The smallest absolute Gasteiger partial charge is 0.169 e. The Balaban J connectivity index is 1.81. The van der Waals surface area contributed by atoms with E-state index in [9.17, 15) is 9.90 Å². The first-order valence-corrected chi connectivity index (χ1v) is 10.0. The first-order chi connectivity index (χ1) is 13.1. The van der Waals surface area contributed by atoms with Gasteiger partial charge in [0.05, 0.1) is 23.2 Å². The number of carbonyl (C=O) groups is 1. The topological polar surface area (TPSA) is 62.7 Å². The van der Waals surface area contributed by atoms with E-state index in [2.05, 4.69) is 32.4 Å². The molecule has 1 aromatic carbocycles. The van der Waals surface area contributed by atoms with E-state index < -0.39 is 6.10 Å². The van der Waals surface area contributed by atoms with Crippen molar-refractivity contribution >= 4 is 33.1 Å². The number of piperidine rings is 3. The Morgan fingerprint density at radius 2 is 2.30 bits per heavy atom. The minimum absolute atomic E-state index is 0.0209. The Kier molecular flexibility index (Phi) is 5.05. The highest BCUT2D eigenvalue weighted by atomic mass is 79.9. The molecule has 5 atom stereocenters. The second-order valence-corrected chi connectivity index (χ2v) is 8.21. The first-order valence-electron chi connectivity index (χ1n) is 9.24. The number of fused-ring (bicyclic) bond motifs is 4. The number of methoxy groups -OCH3 is 1. The van der Waals surface area contributed by atoms with Crippen LogP contribution >= 0.6 is 15.9 Å². The number of pyridine rings is 1. The molecule has 4 heterocycles. The van der Waals surface area contributed by atoms with Crippen molar-refractivity contribution in [2.75, 3.05) is 20.2 Å². The number of aliphatic hydroxyl groups excluding tert-OH is 1. The summed E-state index contributed by atoms with van der Waals surface area (Å²) in [5.74, 6) is 1.74. The van der Waals surface area contributed by atoms with Crippen molar-refractivity contribution in [1.82, 2.24) is 9.88 Å². The van der Waals surface area contributed by atoms with E-state index in [0.717, 1.165) is 37.6 Å². The van der Waals surface area contributed by atoms with Crippen molar-refractivity contribution in [3.05, 3.63) is 46.6 Å². The van der Waals surface area contributed by atoms with Gasteiger partial charge in [-0.05, 0) is 65.4 Å². The Labute approximate surface area is 167 Å². The molecule has 0 aliphatic carbocycles. The molecule has 27 heavy (non-hydrogen) atoms.